The van der Waals surface area contributed by atoms with Crippen LogP contribution >= 0.6 is 12.2 Å². The third-order valence-corrected chi connectivity index (χ3v) is 5.61. The number of likely N-dealkylation sites (tertiary alicyclic amines) is 1. The van der Waals surface area contributed by atoms with Crippen molar-refractivity contribution in [3.05, 3.63) is 65.2 Å². The predicted molar refractivity (Wildman–Crippen MR) is 108 cm³/mol. The zero-order valence-corrected chi connectivity index (χ0v) is 16.4. The molecule has 0 aromatic heterocycles. The Labute approximate surface area is 168 Å². The number of aliphatic hydroxyl groups is 1. The molecule has 7 heteroatoms. The number of rotatable bonds is 3. The molecule has 0 atom stereocenters. The fraction of sp³-hybridized carbons (Fsp3) is 0.381. The van der Waals surface area contributed by atoms with Gasteiger partial charge in [-0.05, 0) is 60.8 Å². The summed E-state index contributed by atoms with van der Waals surface area (Å²) in [5, 5.41) is 14.8. The van der Waals surface area contributed by atoms with Crippen molar-refractivity contribution in [3.8, 4) is 0 Å². The Morgan fingerprint density at radius 1 is 1.14 bits per heavy atom. The molecule has 2 N–H and O–H groups in total. The van der Waals surface area contributed by atoms with Crippen LogP contribution in [-0.4, -0.2) is 28.2 Å². The molecular formula is C21H23F3N2OS. The monoisotopic (exact) mass is 408 g/mol. The number of benzene rings is 2. The van der Waals surface area contributed by atoms with Crippen LogP contribution in [0.15, 0.2) is 48.5 Å². The van der Waals surface area contributed by atoms with Crippen LogP contribution in [0.3, 0.4) is 0 Å². The fourth-order valence-electron chi connectivity index (χ4n) is 3.50. The van der Waals surface area contributed by atoms with E-state index in [9.17, 15) is 18.3 Å². The first-order chi connectivity index (χ1) is 13.2. The fourth-order valence-corrected chi connectivity index (χ4v) is 3.79. The van der Waals surface area contributed by atoms with E-state index in [0.29, 0.717) is 36.6 Å². The van der Waals surface area contributed by atoms with Gasteiger partial charge in [0.2, 0.25) is 0 Å². The van der Waals surface area contributed by atoms with E-state index < -0.39 is 17.3 Å². The van der Waals surface area contributed by atoms with Gasteiger partial charge < -0.3 is 15.3 Å². The van der Waals surface area contributed by atoms with Gasteiger partial charge in [0.25, 0.3) is 0 Å². The van der Waals surface area contributed by atoms with Gasteiger partial charge in [0.05, 0.1) is 11.2 Å². The Kier molecular flexibility index (Phi) is 5.95. The van der Waals surface area contributed by atoms with Gasteiger partial charge in [-0.25, -0.2) is 0 Å². The summed E-state index contributed by atoms with van der Waals surface area (Å²) in [5.41, 5.74) is 0.386. The van der Waals surface area contributed by atoms with Gasteiger partial charge in [-0.15, -0.1) is 0 Å². The largest absolute Gasteiger partial charge is 0.416 e. The van der Waals surface area contributed by atoms with Gasteiger partial charge in [0, 0.05) is 18.8 Å². The molecular weight excluding hydrogens is 385 g/mol. The lowest BCUT2D eigenvalue weighted by Crippen LogP contribution is -2.46. The second-order valence-corrected chi connectivity index (χ2v) is 7.42. The zero-order valence-electron chi connectivity index (χ0n) is 15.6. The first-order valence-electron chi connectivity index (χ1n) is 9.27. The van der Waals surface area contributed by atoms with Crippen LogP contribution in [0, 0.1) is 0 Å². The van der Waals surface area contributed by atoms with E-state index in [2.05, 4.69) is 12.2 Å². The van der Waals surface area contributed by atoms with Gasteiger partial charge in [0.1, 0.15) is 0 Å². The van der Waals surface area contributed by atoms with Crippen LogP contribution < -0.4 is 5.32 Å². The molecule has 1 aliphatic heterocycles. The minimum atomic E-state index is -4.43. The number of hydrogen-bond acceptors (Lipinski definition) is 2. The molecule has 2 aromatic rings. The molecule has 0 aliphatic carbocycles. The molecule has 0 spiro atoms. The lowest BCUT2D eigenvalue weighted by atomic mass is 9.84. The first-order valence-corrected chi connectivity index (χ1v) is 9.68. The summed E-state index contributed by atoms with van der Waals surface area (Å²) < 4.78 is 38.9. The van der Waals surface area contributed by atoms with Gasteiger partial charge in [-0.3, -0.25) is 0 Å². The molecule has 0 unspecified atom stereocenters. The number of alkyl halides is 3. The maximum Gasteiger partial charge on any atom is 0.416 e. The van der Waals surface area contributed by atoms with Crippen molar-refractivity contribution in [2.24, 2.45) is 0 Å². The Morgan fingerprint density at radius 2 is 1.82 bits per heavy atom. The highest BCUT2D eigenvalue weighted by molar-refractivity contribution is 7.80. The van der Waals surface area contributed by atoms with E-state index in [0.717, 1.165) is 29.8 Å². The number of anilines is 1. The van der Waals surface area contributed by atoms with Crippen LogP contribution in [-0.2, 0) is 18.2 Å². The van der Waals surface area contributed by atoms with Gasteiger partial charge >= 0.3 is 6.18 Å². The number of nitrogens with one attached hydrogen (secondary N) is 1. The van der Waals surface area contributed by atoms with Crippen molar-refractivity contribution in [1.82, 2.24) is 4.90 Å². The van der Waals surface area contributed by atoms with Crippen molar-refractivity contribution in [3.63, 3.8) is 0 Å². The maximum atomic E-state index is 13.0. The average molecular weight is 408 g/mol. The third-order valence-electron chi connectivity index (χ3n) is 5.24. The van der Waals surface area contributed by atoms with E-state index >= 15 is 0 Å². The molecule has 1 heterocycles. The number of halogens is 3. The Balaban J connectivity index is 1.67. The van der Waals surface area contributed by atoms with E-state index in [1.54, 1.807) is 6.07 Å². The van der Waals surface area contributed by atoms with E-state index in [1.807, 2.05) is 29.2 Å². The molecule has 0 amide bonds. The van der Waals surface area contributed by atoms with Gasteiger partial charge in [-0.2, -0.15) is 13.2 Å². The summed E-state index contributed by atoms with van der Waals surface area (Å²) in [6.07, 6.45) is -2.93. The van der Waals surface area contributed by atoms with Gasteiger partial charge in [-0.1, -0.05) is 37.3 Å². The number of aryl methyl sites for hydroxylation is 1. The van der Waals surface area contributed by atoms with Crippen molar-refractivity contribution in [2.45, 2.75) is 38.0 Å². The molecule has 28 heavy (non-hydrogen) atoms. The molecule has 3 nitrogen and oxygen atoms in total. The van der Waals surface area contributed by atoms with Crippen molar-refractivity contribution >= 4 is 23.0 Å². The normalized spacial score (nSPS) is 16.7. The summed E-state index contributed by atoms with van der Waals surface area (Å²) in [6, 6.07) is 12.9. The minimum Gasteiger partial charge on any atom is -0.385 e. The summed E-state index contributed by atoms with van der Waals surface area (Å²) in [4.78, 5) is 1.95. The SMILES string of the molecule is CCc1ccccc1NC(=S)N1CCC(O)(c2cccc(C(F)(F)F)c2)CC1. The molecule has 1 saturated heterocycles. The van der Waals surface area contributed by atoms with Crippen LogP contribution in [0.5, 0.6) is 0 Å². The molecule has 3 rings (SSSR count). The number of nitrogens with zero attached hydrogens (tertiary/aromatic N) is 1. The predicted octanol–water partition coefficient (Wildman–Crippen LogP) is 4.95. The van der Waals surface area contributed by atoms with Crippen LogP contribution in [0.2, 0.25) is 0 Å². The number of para-hydroxylation sites is 1. The quantitative estimate of drug-likeness (QED) is 0.705. The standard InChI is InChI=1S/C21H23F3N2OS/c1-2-15-6-3-4-9-18(15)25-19(28)26-12-10-20(27,11-13-26)16-7-5-8-17(14-16)21(22,23)24/h3-9,14,27H,2,10-13H2,1H3,(H,25,28). The second kappa shape index (κ2) is 8.09. The molecule has 0 bridgehead atoms. The second-order valence-electron chi connectivity index (χ2n) is 7.04. The number of thiocarbonyl (C=S) groups is 1. The van der Waals surface area contributed by atoms with E-state index in [4.69, 9.17) is 12.2 Å². The number of hydrogen-bond donors (Lipinski definition) is 2. The Hall–Kier alpha value is -2.12. The Bertz CT molecular complexity index is 846. The molecule has 0 radical (unpaired) electrons. The molecule has 2 aromatic carbocycles. The average Bonchev–Trinajstić information content (AvgIpc) is 2.68. The highest BCUT2D eigenvalue weighted by atomic mass is 32.1. The van der Waals surface area contributed by atoms with Crippen molar-refractivity contribution in [1.29, 1.82) is 0 Å². The minimum absolute atomic E-state index is 0.303. The summed E-state index contributed by atoms with van der Waals surface area (Å²) in [7, 11) is 0. The van der Waals surface area contributed by atoms with Crippen LogP contribution in [0.25, 0.3) is 0 Å². The zero-order chi connectivity index (χ0) is 20.4. The highest BCUT2D eigenvalue weighted by Gasteiger charge is 2.37. The summed E-state index contributed by atoms with van der Waals surface area (Å²) in [5.74, 6) is 0. The molecule has 150 valence electrons. The topological polar surface area (TPSA) is 35.5 Å². The van der Waals surface area contributed by atoms with Crippen LogP contribution in [0.4, 0.5) is 18.9 Å². The van der Waals surface area contributed by atoms with Crippen molar-refractivity contribution in [2.75, 3.05) is 18.4 Å². The molecule has 0 saturated carbocycles. The van der Waals surface area contributed by atoms with Crippen molar-refractivity contribution < 1.29 is 18.3 Å². The van der Waals surface area contributed by atoms with E-state index in [-0.39, 0.29) is 0 Å². The van der Waals surface area contributed by atoms with Gasteiger partial charge in [0.15, 0.2) is 5.11 Å². The third kappa shape index (κ3) is 4.47. The number of piperidine rings is 1. The maximum absolute atomic E-state index is 13.0. The first kappa shape index (κ1) is 20.6. The summed E-state index contributed by atoms with van der Waals surface area (Å²) in [6.45, 7) is 3.00. The lowest BCUT2D eigenvalue weighted by Gasteiger charge is -2.40. The molecule has 1 fully saturated rings. The summed E-state index contributed by atoms with van der Waals surface area (Å²) >= 11 is 5.51. The van der Waals surface area contributed by atoms with Crippen LogP contribution in [0.1, 0.15) is 36.5 Å². The van der Waals surface area contributed by atoms with E-state index in [1.165, 1.54) is 6.07 Å². The highest BCUT2D eigenvalue weighted by Crippen LogP contribution is 2.37. The smallest absolute Gasteiger partial charge is 0.385 e. The Morgan fingerprint density at radius 3 is 2.46 bits per heavy atom. The lowest BCUT2D eigenvalue weighted by molar-refractivity contribution is -0.137. The molecule has 1 aliphatic rings.